The lowest BCUT2D eigenvalue weighted by Gasteiger charge is -2.45. The number of rotatable bonds is 4. The third-order valence-corrected chi connectivity index (χ3v) is 4.40. The summed E-state index contributed by atoms with van der Waals surface area (Å²) in [5.41, 5.74) is 0.916. The van der Waals surface area contributed by atoms with Gasteiger partial charge in [0, 0.05) is 0 Å². The van der Waals surface area contributed by atoms with Crippen LogP contribution in [0.4, 0.5) is 8.78 Å². The zero-order valence-electron chi connectivity index (χ0n) is 13.5. The lowest BCUT2D eigenvalue weighted by Crippen LogP contribution is -2.67. The molecule has 128 valence electrons. The van der Waals surface area contributed by atoms with Crippen molar-refractivity contribution in [2.24, 2.45) is 0 Å². The number of aliphatic hydroxyl groups is 1. The molecule has 0 unspecified atom stereocenters. The van der Waals surface area contributed by atoms with Crippen LogP contribution in [-0.2, 0) is 6.42 Å². The summed E-state index contributed by atoms with van der Waals surface area (Å²) in [7, 11) is 0. The molecule has 1 aliphatic heterocycles. The molecular weight excluding hydrogens is 316 g/mol. The Kier molecular flexibility index (Phi) is 4.13. The van der Waals surface area contributed by atoms with Crippen molar-refractivity contribution in [3.05, 3.63) is 47.3 Å². The summed E-state index contributed by atoms with van der Waals surface area (Å²) >= 11 is 0. The molecule has 0 radical (unpaired) electrons. The summed E-state index contributed by atoms with van der Waals surface area (Å²) in [6, 6.07) is 7.68. The van der Waals surface area contributed by atoms with Crippen molar-refractivity contribution in [1.82, 2.24) is 14.7 Å². The first-order valence-corrected chi connectivity index (χ1v) is 7.80. The molecule has 1 aromatic carbocycles. The fourth-order valence-corrected chi connectivity index (χ4v) is 2.97. The van der Waals surface area contributed by atoms with Crippen LogP contribution in [0.5, 0.6) is 0 Å². The van der Waals surface area contributed by atoms with Gasteiger partial charge in [-0.3, -0.25) is 4.79 Å². The summed E-state index contributed by atoms with van der Waals surface area (Å²) in [5, 5.41) is 13.9. The molecule has 1 fully saturated rings. The maximum atomic E-state index is 12.7. The van der Waals surface area contributed by atoms with Gasteiger partial charge in [-0.05, 0) is 25.0 Å². The summed E-state index contributed by atoms with van der Waals surface area (Å²) in [4.78, 5) is 13.8. The van der Waals surface area contributed by atoms with Gasteiger partial charge in [-0.2, -0.15) is 5.10 Å². The molecule has 1 aliphatic rings. The minimum atomic E-state index is -2.86. The van der Waals surface area contributed by atoms with Gasteiger partial charge in [-0.15, -0.1) is 0 Å². The number of hydrogen-bond donors (Lipinski definition) is 1. The minimum Gasteiger partial charge on any atom is -0.380 e. The van der Waals surface area contributed by atoms with Crippen LogP contribution in [0.25, 0.3) is 5.69 Å². The van der Waals surface area contributed by atoms with Crippen LogP contribution < -0.4 is 0 Å². The first-order chi connectivity index (χ1) is 11.4. The standard InChI is InChI=1S/C17H19F2N3O2/c1-3-13-12(15(23)21-9-17(24,10-21)16(18)19)8-20-22(13)14-7-5-4-6-11(14)2/h4-8,16,24H,3,9-10H2,1-2H3. The van der Waals surface area contributed by atoms with Gasteiger partial charge in [-0.25, -0.2) is 13.5 Å². The monoisotopic (exact) mass is 335 g/mol. The molecule has 3 rings (SSSR count). The van der Waals surface area contributed by atoms with Crippen molar-refractivity contribution in [3.8, 4) is 5.69 Å². The average molecular weight is 335 g/mol. The second-order valence-corrected chi connectivity index (χ2v) is 6.12. The van der Waals surface area contributed by atoms with Crippen molar-refractivity contribution in [2.45, 2.75) is 32.3 Å². The van der Waals surface area contributed by atoms with E-state index in [9.17, 15) is 18.7 Å². The number of likely N-dealkylation sites (tertiary alicyclic amines) is 1. The number of aromatic nitrogens is 2. The van der Waals surface area contributed by atoms with E-state index in [1.165, 1.54) is 11.1 Å². The summed E-state index contributed by atoms with van der Waals surface area (Å²) < 4.78 is 27.1. The predicted molar refractivity (Wildman–Crippen MR) is 84.5 cm³/mol. The quantitative estimate of drug-likeness (QED) is 0.932. The molecule has 2 heterocycles. The lowest BCUT2D eigenvalue weighted by atomic mass is 9.94. The lowest BCUT2D eigenvalue weighted by molar-refractivity contribution is -0.166. The molecule has 1 amide bonds. The van der Waals surface area contributed by atoms with Gasteiger partial charge in [0.1, 0.15) is 0 Å². The number of para-hydroxylation sites is 1. The van der Waals surface area contributed by atoms with E-state index < -0.39 is 12.0 Å². The van der Waals surface area contributed by atoms with E-state index in [-0.39, 0.29) is 19.0 Å². The van der Waals surface area contributed by atoms with Gasteiger partial charge < -0.3 is 10.0 Å². The SMILES string of the molecule is CCc1c(C(=O)N2CC(O)(C(F)F)C2)cnn1-c1ccccc1C. The second-order valence-electron chi connectivity index (χ2n) is 6.12. The summed E-state index contributed by atoms with van der Waals surface area (Å²) in [6.45, 7) is 3.15. The van der Waals surface area contributed by atoms with Crippen LogP contribution in [0.1, 0.15) is 28.5 Å². The highest BCUT2D eigenvalue weighted by Crippen LogP contribution is 2.30. The molecule has 0 bridgehead atoms. The van der Waals surface area contributed by atoms with E-state index in [4.69, 9.17) is 0 Å². The van der Waals surface area contributed by atoms with Crippen LogP contribution in [-0.4, -0.2) is 50.8 Å². The fourth-order valence-electron chi connectivity index (χ4n) is 2.97. The maximum absolute atomic E-state index is 12.7. The van der Waals surface area contributed by atoms with Crippen LogP contribution in [0, 0.1) is 6.92 Å². The third-order valence-electron chi connectivity index (χ3n) is 4.40. The molecule has 1 aromatic heterocycles. The Labute approximate surface area is 138 Å². The normalized spacial score (nSPS) is 16.3. The van der Waals surface area contributed by atoms with E-state index in [0.29, 0.717) is 12.0 Å². The average Bonchev–Trinajstić information content (AvgIpc) is 2.95. The van der Waals surface area contributed by atoms with E-state index in [1.54, 1.807) is 4.68 Å². The number of amides is 1. The number of alkyl halides is 2. The predicted octanol–water partition coefficient (Wildman–Crippen LogP) is 2.20. The molecule has 7 heteroatoms. The smallest absolute Gasteiger partial charge is 0.270 e. The molecule has 0 spiro atoms. The first-order valence-electron chi connectivity index (χ1n) is 7.80. The van der Waals surface area contributed by atoms with Gasteiger partial charge in [0.05, 0.1) is 36.2 Å². The van der Waals surface area contributed by atoms with E-state index >= 15 is 0 Å². The topological polar surface area (TPSA) is 58.4 Å². The number of halogens is 2. The van der Waals surface area contributed by atoms with Crippen LogP contribution in [0.3, 0.4) is 0 Å². The van der Waals surface area contributed by atoms with Crippen molar-refractivity contribution in [2.75, 3.05) is 13.1 Å². The molecule has 5 nitrogen and oxygen atoms in total. The molecule has 0 saturated carbocycles. The Morgan fingerprint density at radius 3 is 2.62 bits per heavy atom. The van der Waals surface area contributed by atoms with Gasteiger partial charge in [-0.1, -0.05) is 25.1 Å². The largest absolute Gasteiger partial charge is 0.380 e. The van der Waals surface area contributed by atoms with Gasteiger partial charge in [0.25, 0.3) is 12.3 Å². The molecule has 1 saturated heterocycles. The van der Waals surface area contributed by atoms with Gasteiger partial charge in [0.2, 0.25) is 0 Å². The van der Waals surface area contributed by atoms with E-state index in [1.807, 2.05) is 38.1 Å². The van der Waals surface area contributed by atoms with E-state index in [0.717, 1.165) is 16.9 Å². The van der Waals surface area contributed by atoms with Crippen molar-refractivity contribution >= 4 is 5.91 Å². The Bertz CT molecular complexity index is 767. The molecule has 0 aliphatic carbocycles. The summed E-state index contributed by atoms with van der Waals surface area (Å²) in [6.07, 6.45) is -0.822. The molecule has 0 atom stereocenters. The Hall–Kier alpha value is -2.28. The highest BCUT2D eigenvalue weighted by molar-refractivity contribution is 5.96. The van der Waals surface area contributed by atoms with Gasteiger partial charge in [0.15, 0.2) is 5.60 Å². The molecule has 24 heavy (non-hydrogen) atoms. The number of carbonyl (C=O) groups is 1. The Morgan fingerprint density at radius 2 is 2.04 bits per heavy atom. The first kappa shape index (κ1) is 16.6. The van der Waals surface area contributed by atoms with Crippen LogP contribution in [0.15, 0.2) is 30.5 Å². The summed E-state index contributed by atoms with van der Waals surface area (Å²) in [5.74, 6) is -0.378. The fraction of sp³-hybridized carbons (Fsp3) is 0.412. The number of hydrogen-bond acceptors (Lipinski definition) is 3. The van der Waals surface area contributed by atoms with Crippen LogP contribution >= 0.6 is 0 Å². The van der Waals surface area contributed by atoms with Crippen molar-refractivity contribution in [1.29, 1.82) is 0 Å². The number of nitrogens with zero attached hydrogens (tertiary/aromatic N) is 3. The molecule has 2 aromatic rings. The highest BCUT2D eigenvalue weighted by Gasteiger charge is 2.51. The van der Waals surface area contributed by atoms with E-state index in [2.05, 4.69) is 5.10 Å². The minimum absolute atomic E-state index is 0.359. The Balaban J connectivity index is 1.88. The zero-order valence-corrected chi connectivity index (χ0v) is 13.5. The maximum Gasteiger partial charge on any atom is 0.270 e. The number of aryl methyl sites for hydroxylation is 1. The van der Waals surface area contributed by atoms with Crippen molar-refractivity contribution < 1.29 is 18.7 Å². The highest BCUT2D eigenvalue weighted by atomic mass is 19.3. The number of carbonyl (C=O) groups excluding carboxylic acids is 1. The van der Waals surface area contributed by atoms with Crippen molar-refractivity contribution in [3.63, 3.8) is 0 Å². The third kappa shape index (κ3) is 2.58. The zero-order chi connectivity index (χ0) is 17.5. The second kappa shape index (κ2) is 5.98. The number of β-amino-alcohol motifs (C(OH)–C–C–N with tert-alkyl or cyclic N) is 1. The number of benzene rings is 1. The molecular formula is C17H19F2N3O2. The molecule has 1 N–H and O–H groups in total. The Morgan fingerprint density at radius 1 is 1.38 bits per heavy atom. The van der Waals surface area contributed by atoms with Crippen LogP contribution in [0.2, 0.25) is 0 Å². The van der Waals surface area contributed by atoms with Gasteiger partial charge >= 0.3 is 0 Å².